The van der Waals surface area contributed by atoms with Gasteiger partial charge in [-0.05, 0) is 42.7 Å². The number of allylic oxidation sites excluding steroid dienone is 2. The average Bonchev–Trinajstić information content (AvgIpc) is 2.32. The molecule has 1 aromatic rings. The Morgan fingerprint density at radius 3 is 2.62 bits per heavy atom. The molecular weight excluding hydrogens is 180 g/mol. The summed E-state index contributed by atoms with van der Waals surface area (Å²) < 4.78 is 0. The van der Waals surface area contributed by atoms with Crippen LogP contribution < -0.4 is 0 Å². The fourth-order valence-corrected chi connectivity index (χ4v) is 2.18. The molecule has 1 aliphatic rings. The van der Waals surface area contributed by atoms with Gasteiger partial charge in [0.15, 0.2) is 0 Å². The molecule has 0 heterocycles. The van der Waals surface area contributed by atoms with Crippen molar-refractivity contribution in [1.29, 1.82) is 0 Å². The quantitative estimate of drug-likeness (QED) is 0.577. The van der Waals surface area contributed by atoms with Crippen molar-refractivity contribution in [2.24, 2.45) is 0 Å². The van der Waals surface area contributed by atoms with Crippen LogP contribution in [0.2, 0.25) is 5.02 Å². The molecule has 1 aliphatic carbocycles. The minimum atomic E-state index is 0.536. The smallest absolute Gasteiger partial charge is 0.0409 e. The summed E-state index contributed by atoms with van der Waals surface area (Å²) in [6.07, 6.45) is 0. The van der Waals surface area contributed by atoms with Gasteiger partial charge in [0, 0.05) is 10.9 Å². The highest BCUT2D eigenvalue weighted by atomic mass is 35.5. The van der Waals surface area contributed by atoms with Gasteiger partial charge >= 0.3 is 0 Å². The van der Waals surface area contributed by atoms with Crippen LogP contribution in [0.15, 0.2) is 23.8 Å². The van der Waals surface area contributed by atoms with E-state index in [-0.39, 0.29) is 0 Å². The Balaban J connectivity index is 2.64. The first-order valence-electron chi connectivity index (χ1n) is 4.58. The van der Waals surface area contributed by atoms with Crippen LogP contribution in [0.4, 0.5) is 0 Å². The number of halogens is 1. The predicted molar refractivity (Wildman–Crippen MR) is 58.1 cm³/mol. The first-order valence-corrected chi connectivity index (χ1v) is 4.96. The summed E-state index contributed by atoms with van der Waals surface area (Å²) in [4.78, 5) is 0. The van der Waals surface area contributed by atoms with E-state index in [0.29, 0.717) is 5.92 Å². The Morgan fingerprint density at radius 1 is 1.23 bits per heavy atom. The molecular formula is C12H13Cl. The normalized spacial score (nSPS) is 20.8. The van der Waals surface area contributed by atoms with E-state index < -0.39 is 0 Å². The first kappa shape index (κ1) is 8.83. The largest absolute Gasteiger partial charge is 0.0843 e. The predicted octanol–water partition coefficient (Wildman–Crippen LogP) is 4.25. The standard InChI is InChI=1S/C12H13Cl/c1-7-8(2)11-5-4-10(13)6-12(11)9(7)3/h4-6,9H,1-3H3. The lowest BCUT2D eigenvalue weighted by Gasteiger charge is -2.06. The number of fused-ring (bicyclic) bond motifs is 1. The third-order valence-corrected chi connectivity index (χ3v) is 3.36. The van der Waals surface area contributed by atoms with E-state index in [0.717, 1.165) is 5.02 Å². The molecule has 0 nitrogen and oxygen atoms in total. The topological polar surface area (TPSA) is 0 Å². The molecule has 0 aliphatic heterocycles. The number of rotatable bonds is 0. The number of hydrogen-bond acceptors (Lipinski definition) is 0. The van der Waals surface area contributed by atoms with Gasteiger partial charge in [-0.15, -0.1) is 0 Å². The van der Waals surface area contributed by atoms with Gasteiger partial charge in [-0.3, -0.25) is 0 Å². The maximum Gasteiger partial charge on any atom is 0.0409 e. The van der Waals surface area contributed by atoms with Gasteiger partial charge in [0.1, 0.15) is 0 Å². The highest BCUT2D eigenvalue weighted by Crippen LogP contribution is 2.41. The molecule has 0 fully saturated rings. The zero-order chi connectivity index (χ0) is 9.59. The molecule has 0 spiro atoms. The van der Waals surface area contributed by atoms with E-state index in [9.17, 15) is 0 Å². The van der Waals surface area contributed by atoms with Crippen LogP contribution in [0.1, 0.15) is 37.8 Å². The van der Waals surface area contributed by atoms with E-state index in [1.807, 2.05) is 6.07 Å². The molecule has 1 aromatic carbocycles. The molecule has 0 radical (unpaired) electrons. The third-order valence-electron chi connectivity index (χ3n) is 3.13. The van der Waals surface area contributed by atoms with Gasteiger partial charge in [-0.2, -0.15) is 0 Å². The summed E-state index contributed by atoms with van der Waals surface area (Å²) in [5.41, 5.74) is 5.63. The molecule has 0 bridgehead atoms. The Morgan fingerprint density at radius 2 is 1.92 bits per heavy atom. The van der Waals surface area contributed by atoms with Crippen molar-refractivity contribution in [1.82, 2.24) is 0 Å². The van der Waals surface area contributed by atoms with Crippen LogP contribution in [-0.4, -0.2) is 0 Å². The molecule has 1 atom stereocenters. The average molecular weight is 193 g/mol. The monoisotopic (exact) mass is 192 g/mol. The second kappa shape index (κ2) is 2.88. The van der Waals surface area contributed by atoms with E-state index in [1.54, 1.807) is 0 Å². The lowest BCUT2D eigenvalue weighted by Crippen LogP contribution is -1.89. The van der Waals surface area contributed by atoms with Crippen LogP contribution >= 0.6 is 11.6 Å². The van der Waals surface area contributed by atoms with Crippen molar-refractivity contribution in [3.63, 3.8) is 0 Å². The van der Waals surface area contributed by atoms with Gasteiger partial charge in [0.05, 0.1) is 0 Å². The molecule has 68 valence electrons. The summed E-state index contributed by atoms with van der Waals surface area (Å²) in [6.45, 7) is 6.63. The lowest BCUT2D eigenvalue weighted by molar-refractivity contribution is 0.920. The van der Waals surface area contributed by atoms with Crippen molar-refractivity contribution >= 4 is 17.2 Å². The molecule has 1 unspecified atom stereocenters. The fraction of sp³-hybridized carbons (Fsp3) is 0.333. The first-order chi connectivity index (χ1) is 6.11. The molecule has 13 heavy (non-hydrogen) atoms. The molecule has 0 N–H and O–H groups in total. The molecule has 0 amide bonds. The summed E-state index contributed by atoms with van der Waals surface area (Å²) in [7, 11) is 0. The van der Waals surface area contributed by atoms with Gasteiger partial charge in [0.25, 0.3) is 0 Å². The van der Waals surface area contributed by atoms with E-state index in [4.69, 9.17) is 11.6 Å². The lowest BCUT2D eigenvalue weighted by atomic mass is 9.99. The van der Waals surface area contributed by atoms with Crippen molar-refractivity contribution < 1.29 is 0 Å². The molecule has 1 heteroatoms. The summed E-state index contributed by atoms with van der Waals surface area (Å²) >= 11 is 5.97. The highest BCUT2D eigenvalue weighted by Gasteiger charge is 2.22. The molecule has 2 rings (SSSR count). The minimum absolute atomic E-state index is 0.536. The van der Waals surface area contributed by atoms with Crippen molar-refractivity contribution in [3.8, 4) is 0 Å². The van der Waals surface area contributed by atoms with E-state index >= 15 is 0 Å². The Bertz CT molecular complexity index is 388. The summed E-state index contributed by atoms with van der Waals surface area (Å²) in [6, 6.07) is 6.18. The van der Waals surface area contributed by atoms with Gasteiger partial charge in [-0.1, -0.05) is 30.2 Å². The Labute approximate surface area is 84.2 Å². The maximum absolute atomic E-state index is 5.97. The van der Waals surface area contributed by atoms with Crippen molar-refractivity contribution in [2.75, 3.05) is 0 Å². The highest BCUT2D eigenvalue weighted by molar-refractivity contribution is 6.30. The van der Waals surface area contributed by atoms with E-state index in [2.05, 4.69) is 32.9 Å². The summed E-state index contributed by atoms with van der Waals surface area (Å²) in [5, 5.41) is 0.841. The van der Waals surface area contributed by atoms with Crippen LogP contribution in [0.25, 0.3) is 5.57 Å². The van der Waals surface area contributed by atoms with Crippen LogP contribution in [0.5, 0.6) is 0 Å². The molecule has 0 aromatic heterocycles. The van der Waals surface area contributed by atoms with E-state index in [1.165, 1.54) is 22.3 Å². The zero-order valence-electron chi connectivity index (χ0n) is 8.19. The number of benzene rings is 1. The Kier molecular flexibility index (Phi) is 1.96. The molecule has 0 saturated heterocycles. The van der Waals surface area contributed by atoms with Crippen LogP contribution in [-0.2, 0) is 0 Å². The zero-order valence-corrected chi connectivity index (χ0v) is 8.94. The maximum atomic E-state index is 5.97. The van der Waals surface area contributed by atoms with Crippen molar-refractivity contribution in [3.05, 3.63) is 39.9 Å². The Hall–Kier alpha value is -0.750. The van der Waals surface area contributed by atoms with Gasteiger partial charge < -0.3 is 0 Å². The van der Waals surface area contributed by atoms with Gasteiger partial charge in [0.2, 0.25) is 0 Å². The van der Waals surface area contributed by atoms with Crippen LogP contribution in [0, 0.1) is 0 Å². The van der Waals surface area contributed by atoms with Gasteiger partial charge in [-0.25, -0.2) is 0 Å². The molecule has 0 saturated carbocycles. The summed E-state index contributed by atoms with van der Waals surface area (Å²) in [5.74, 6) is 0.536. The minimum Gasteiger partial charge on any atom is -0.0843 e. The van der Waals surface area contributed by atoms with Crippen LogP contribution in [0.3, 0.4) is 0 Å². The third kappa shape index (κ3) is 1.21. The number of hydrogen-bond donors (Lipinski definition) is 0. The van der Waals surface area contributed by atoms with Crippen molar-refractivity contribution in [2.45, 2.75) is 26.7 Å². The second-order valence-corrected chi connectivity index (χ2v) is 4.20. The second-order valence-electron chi connectivity index (χ2n) is 3.76. The SMILES string of the molecule is CC1=C(C)C(C)c2cc(Cl)ccc21. The fourth-order valence-electron chi connectivity index (χ4n) is 2.00.